The van der Waals surface area contributed by atoms with Crippen molar-refractivity contribution < 1.29 is 5.11 Å². The molecule has 0 aliphatic rings. The van der Waals surface area contributed by atoms with Crippen LogP contribution in [0.15, 0.2) is 6.07 Å². The van der Waals surface area contributed by atoms with Gasteiger partial charge in [-0.05, 0) is 26.3 Å². The van der Waals surface area contributed by atoms with Crippen molar-refractivity contribution in [1.29, 1.82) is 0 Å². The van der Waals surface area contributed by atoms with Crippen molar-refractivity contribution in [2.45, 2.75) is 32.9 Å². The van der Waals surface area contributed by atoms with Gasteiger partial charge >= 0.3 is 0 Å². The average Bonchev–Trinajstić information content (AvgIpc) is 2.30. The number of hydrogen-bond acceptors (Lipinski definition) is 3. The minimum atomic E-state index is -0.0111. The number of aliphatic hydroxyl groups excluding tert-OH is 1. The molecule has 0 saturated heterocycles. The van der Waals surface area contributed by atoms with Gasteiger partial charge in [0.2, 0.25) is 0 Å². The molecule has 0 saturated carbocycles. The monoisotopic (exact) mass is 183 g/mol. The zero-order chi connectivity index (χ0) is 9.84. The summed E-state index contributed by atoms with van der Waals surface area (Å²) in [6.45, 7) is 4.79. The lowest BCUT2D eigenvalue weighted by Gasteiger charge is -2.10. The number of rotatable bonds is 4. The molecule has 1 rings (SSSR count). The van der Waals surface area contributed by atoms with E-state index in [0.717, 1.165) is 11.4 Å². The molecule has 0 radical (unpaired) electrons. The standard InChI is InChI=1S/C9H17N3O/c1-7-5-8(2)12(11-7)6-9(10)3-4-13/h5,9,13H,3-4,6,10H2,1-2H3. The first kappa shape index (κ1) is 10.2. The molecule has 1 aromatic rings. The van der Waals surface area contributed by atoms with Crippen LogP contribution in [0.1, 0.15) is 17.8 Å². The Balaban J connectivity index is 2.57. The molecule has 0 bridgehead atoms. The molecule has 1 atom stereocenters. The minimum absolute atomic E-state index is 0.0111. The second-order valence-corrected chi connectivity index (χ2v) is 3.38. The maximum atomic E-state index is 8.68. The fraction of sp³-hybridized carbons (Fsp3) is 0.667. The highest BCUT2D eigenvalue weighted by atomic mass is 16.3. The summed E-state index contributed by atoms with van der Waals surface area (Å²) in [6, 6.07) is 2.01. The number of aliphatic hydroxyl groups is 1. The van der Waals surface area contributed by atoms with Crippen LogP contribution >= 0.6 is 0 Å². The van der Waals surface area contributed by atoms with Gasteiger partial charge in [-0.25, -0.2) is 0 Å². The molecule has 1 heterocycles. The molecule has 0 spiro atoms. The highest BCUT2D eigenvalue weighted by molar-refractivity contribution is 5.06. The van der Waals surface area contributed by atoms with Gasteiger partial charge in [-0.1, -0.05) is 0 Å². The summed E-state index contributed by atoms with van der Waals surface area (Å²) in [5.41, 5.74) is 7.90. The largest absolute Gasteiger partial charge is 0.396 e. The molecule has 4 nitrogen and oxygen atoms in total. The summed E-state index contributed by atoms with van der Waals surface area (Å²) in [4.78, 5) is 0. The third-order valence-electron chi connectivity index (χ3n) is 2.01. The van der Waals surface area contributed by atoms with Crippen LogP contribution < -0.4 is 5.73 Å². The van der Waals surface area contributed by atoms with E-state index < -0.39 is 0 Å². The van der Waals surface area contributed by atoms with Crippen molar-refractivity contribution in [2.24, 2.45) is 5.73 Å². The third kappa shape index (κ3) is 2.82. The van der Waals surface area contributed by atoms with Crippen LogP contribution in [0, 0.1) is 13.8 Å². The van der Waals surface area contributed by atoms with Crippen LogP contribution in [0.3, 0.4) is 0 Å². The van der Waals surface area contributed by atoms with E-state index in [2.05, 4.69) is 5.10 Å². The molecule has 4 heteroatoms. The van der Waals surface area contributed by atoms with Gasteiger partial charge in [0.05, 0.1) is 12.2 Å². The van der Waals surface area contributed by atoms with E-state index in [4.69, 9.17) is 10.8 Å². The maximum Gasteiger partial charge on any atom is 0.0596 e. The van der Waals surface area contributed by atoms with Crippen LogP contribution in [0.2, 0.25) is 0 Å². The second kappa shape index (κ2) is 4.39. The van der Waals surface area contributed by atoms with Crippen molar-refractivity contribution in [1.82, 2.24) is 9.78 Å². The second-order valence-electron chi connectivity index (χ2n) is 3.38. The first-order valence-corrected chi connectivity index (χ1v) is 4.51. The van der Waals surface area contributed by atoms with E-state index in [1.807, 2.05) is 24.6 Å². The van der Waals surface area contributed by atoms with E-state index in [1.165, 1.54) is 0 Å². The fourth-order valence-electron chi connectivity index (χ4n) is 1.34. The first-order chi connectivity index (χ1) is 6.13. The van der Waals surface area contributed by atoms with Crippen LogP contribution in [0.25, 0.3) is 0 Å². The Morgan fingerprint density at radius 2 is 2.31 bits per heavy atom. The van der Waals surface area contributed by atoms with Crippen LogP contribution in [-0.4, -0.2) is 27.5 Å². The molecular formula is C9H17N3O. The van der Waals surface area contributed by atoms with Crippen LogP contribution in [0.5, 0.6) is 0 Å². The summed E-state index contributed by atoms with van der Waals surface area (Å²) in [7, 11) is 0. The van der Waals surface area contributed by atoms with Gasteiger partial charge in [0, 0.05) is 18.3 Å². The lowest BCUT2D eigenvalue weighted by Crippen LogP contribution is -2.28. The molecule has 74 valence electrons. The van der Waals surface area contributed by atoms with E-state index in [1.54, 1.807) is 0 Å². The molecule has 0 aliphatic carbocycles. The number of aryl methyl sites for hydroxylation is 2. The van der Waals surface area contributed by atoms with E-state index in [9.17, 15) is 0 Å². The summed E-state index contributed by atoms with van der Waals surface area (Å²) in [5.74, 6) is 0. The van der Waals surface area contributed by atoms with Crippen molar-refractivity contribution in [3.63, 3.8) is 0 Å². The van der Waals surface area contributed by atoms with Crippen molar-refractivity contribution >= 4 is 0 Å². The van der Waals surface area contributed by atoms with E-state index >= 15 is 0 Å². The van der Waals surface area contributed by atoms with Gasteiger partial charge in [0.1, 0.15) is 0 Å². The normalized spacial score (nSPS) is 13.2. The predicted octanol–water partition coefficient (Wildman–Crippen LogP) is 0.210. The smallest absolute Gasteiger partial charge is 0.0596 e. The third-order valence-corrected chi connectivity index (χ3v) is 2.01. The number of hydrogen-bond donors (Lipinski definition) is 2. The average molecular weight is 183 g/mol. The lowest BCUT2D eigenvalue weighted by molar-refractivity contribution is 0.268. The SMILES string of the molecule is Cc1cc(C)n(CC(N)CCO)n1. The summed E-state index contributed by atoms with van der Waals surface area (Å²) >= 11 is 0. The van der Waals surface area contributed by atoms with Gasteiger partial charge in [-0.3, -0.25) is 4.68 Å². The Morgan fingerprint density at radius 1 is 1.62 bits per heavy atom. The molecule has 1 aromatic heterocycles. The van der Waals surface area contributed by atoms with Crippen LogP contribution in [0.4, 0.5) is 0 Å². The van der Waals surface area contributed by atoms with Crippen molar-refractivity contribution in [2.75, 3.05) is 6.61 Å². The van der Waals surface area contributed by atoms with Gasteiger partial charge < -0.3 is 10.8 Å². The Hall–Kier alpha value is -0.870. The maximum absolute atomic E-state index is 8.68. The summed E-state index contributed by atoms with van der Waals surface area (Å²) in [6.07, 6.45) is 0.623. The van der Waals surface area contributed by atoms with E-state index in [0.29, 0.717) is 13.0 Å². The molecule has 3 N–H and O–H groups in total. The number of aromatic nitrogens is 2. The van der Waals surface area contributed by atoms with Crippen molar-refractivity contribution in [3.8, 4) is 0 Å². The van der Waals surface area contributed by atoms with Gasteiger partial charge in [-0.15, -0.1) is 0 Å². The Kier molecular flexibility index (Phi) is 3.45. The first-order valence-electron chi connectivity index (χ1n) is 4.51. The molecule has 0 aliphatic heterocycles. The number of nitrogens with two attached hydrogens (primary N) is 1. The van der Waals surface area contributed by atoms with Gasteiger partial charge in [0.15, 0.2) is 0 Å². The molecule has 1 unspecified atom stereocenters. The predicted molar refractivity (Wildman–Crippen MR) is 51.4 cm³/mol. The Morgan fingerprint density at radius 3 is 2.77 bits per heavy atom. The Bertz CT molecular complexity index is 270. The zero-order valence-electron chi connectivity index (χ0n) is 8.20. The topological polar surface area (TPSA) is 64.1 Å². The van der Waals surface area contributed by atoms with E-state index in [-0.39, 0.29) is 12.6 Å². The minimum Gasteiger partial charge on any atom is -0.396 e. The lowest BCUT2D eigenvalue weighted by atomic mass is 10.2. The molecule has 0 aromatic carbocycles. The fourth-order valence-corrected chi connectivity index (χ4v) is 1.34. The highest BCUT2D eigenvalue weighted by Gasteiger charge is 2.06. The molecule has 0 amide bonds. The molecule has 0 fully saturated rings. The quantitative estimate of drug-likeness (QED) is 0.701. The number of nitrogens with zero attached hydrogens (tertiary/aromatic N) is 2. The summed E-state index contributed by atoms with van der Waals surface area (Å²) in [5, 5.41) is 13.0. The van der Waals surface area contributed by atoms with Crippen molar-refractivity contribution in [3.05, 3.63) is 17.5 Å². The highest BCUT2D eigenvalue weighted by Crippen LogP contribution is 2.03. The van der Waals surface area contributed by atoms with Gasteiger partial charge in [0.25, 0.3) is 0 Å². The molecular weight excluding hydrogens is 166 g/mol. The Labute approximate surface area is 78.4 Å². The molecule has 13 heavy (non-hydrogen) atoms. The van der Waals surface area contributed by atoms with Gasteiger partial charge in [-0.2, -0.15) is 5.10 Å². The summed E-state index contributed by atoms with van der Waals surface area (Å²) < 4.78 is 1.88. The van der Waals surface area contributed by atoms with Crippen LogP contribution in [-0.2, 0) is 6.54 Å². The zero-order valence-corrected chi connectivity index (χ0v) is 8.20.